The Morgan fingerprint density at radius 2 is 1.79 bits per heavy atom. The largest absolute Gasteiger partial charge is 0.343 e. The Labute approximate surface area is 170 Å². The fourth-order valence-electron chi connectivity index (χ4n) is 4.69. The smallest absolute Gasteiger partial charge is 0.252 e. The highest BCUT2D eigenvalue weighted by molar-refractivity contribution is 5.97. The Kier molecular flexibility index (Phi) is 6.24. The van der Waals surface area contributed by atoms with Gasteiger partial charge in [0.05, 0.1) is 6.04 Å². The highest BCUT2D eigenvalue weighted by Gasteiger charge is 2.43. The van der Waals surface area contributed by atoms with Gasteiger partial charge < -0.3 is 5.32 Å². The molecule has 1 aliphatic heterocycles. The van der Waals surface area contributed by atoms with Crippen LogP contribution in [0.15, 0.2) is 48.5 Å². The lowest BCUT2D eigenvalue weighted by Crippen LogP contribution is -2.57. The molecule has 0 aliphatic carbocycles. The fraction of sp³-hybridized carbons (Fsp3) is 0.480. The van der Waals surface area contributed by atoms with Crippen molar-refractivity contribution >= 4 is 5.91 Å². The summed E-state index contributed by atoms with van der Waals surface area (Å²) >= 11 is 0. The van der Waals surface area contributed by atoms with Crippen LogP contribution in [0.3, 0.4) is 0 Å². The van der Waals surface area contributed by atoms with E-state index in [-0.39, 0.29) is 17.5 Å². The molecule has 1 aliphatic rings. The SMILES string of the molecule is CCC1CCC(C)([C@H](NC(=O)c2c(C)cccc2C)c2ccccc2)N(C)C1. The molecule has 3 nitrogen and oxygen atoms in total. The van der Waals surface area contributed by atoms with E-state index in [2.05, 4.69) is 55.4 Å². The summed E-state index contributed by atoms with van der Waals surface area (Å²) in [5.41, 5.74) is 3.91. The number of benzene rings is 2. The van der Waals surface area contributed by atoms with Crippen LogP contribution in [0.4, 0.5) is 0 Å². The van der Waals surface area contributed by atoms with E-state index < -0.39 is 0 Å². The van der Waals surface area contributed by atoms with E-state index in [4.69, 9.17) is 0 Å². The Balaban J connectivity index is 1.96. The highest BCUT2D eigenvalue weighted by atomic mass is 16.1. The zero-order chi connectivity index (χ0) is 20.3. The molecule has 1 N–H and O–H groups in total. The molecule has 0 saturated carbocycles. The number of rotatable bonds is 5. The summed E-state index contributed by atoms with van der Waals surface area (Å²) < 4.78 is 0. The summed E-state index contributed by atoms with van der Waals surface area (Å²) in [6.45, 7) is 9.69. The molecule has 3 heteroatoms. The molecular formula is C25H34N2O. The van der Waals surface area contributed by atoms with Crippen molar-refractivity contribution in [1.29, 1.82) is 0 Å². The van der Waals surface area contributed by atoms with Crippen molar-refractivity contribution in [2.45, 2.75) is 58.5 Å². The van der Waals surface area contributed by atoms with Crippen LogP contribution in [-0.4, -0.2) is 29.9 Å². The summed E-state index contributed by atoms with van der Waals surface area (Å²) in [7, 11) is 2.21. The molecule has 2 aromatic carbocycles. The van der Waals surface area contributed by atoms with Gasteiger partial charge in [-0.15, -0.1) is 0 Å². The first kappa shape index (κ1) is 20.6. The van der Waals surface area contributed by atoms with E-state index in [9.17, 15) is 4.79 Å². The summed E-state index contributed by atoms with van der Waals surface area (Å²) in [6.07, 6.45) is 3.50. The molecule has 3 rings (SSSR count). The third-order valence-electron chi connectivity index (χ3n) is 6.78. The number of nitrogens with one attached hydrogen (secondary N) is 1. The molecule has 0 spiro atoms. The first-order valence-electron chi connectivity index (χ1n) is 10.5. The minimum absolute atomic E-state index is 0.0247. The van der Waals surface area contributed by atoms with Gasteiger partial charge in [0.25, 0.3) is 5.91 Å². The molecule has 28 heavy (non-hydrogen) atoms. The van der Waals surface area contributed by atoms with Gasteiger partial charge in [0.1, 0.15) is 0 Å². The number of nitrogens with zero attached hydrogens (tertiary/aromatic N) is 1. The third kappa shape index (κ3) is 4.00. The van der Waals surface area contributed by atoms with Gasteiger partial charge in [0.2, 0.25) is 0 Å². The van der Waals surface area contributed by atoms with Crippen molar-refractivity contribution in [2.75, 3.05) is 13.6 Å². The predicted molar refractivity (Wildman–Crippen MR) is 117 cm³/mol. The van der Waals surface area contributed by atoms with Gasteiger partial charge in [-0.25, -0.2) is 0 Å². The average Bonchev–Trinajstić information content (AvgIpc) is 2.69. The number of hydrogen-bond acceptors (Lipinski definition) is 2. The molecule has 2 unspecified atom stereocenters. The van der Waals surface area contributed by atoms with Crippen molar-refractivity contribution in [2.24, 2.45) is 5.92 Å². The number of aryl methyl sites for hydroxylation is 2. The predicted octanol–water partition coefficient (Wildman–Crippen LogP) is 5.29. The third-order valence-corrected chi connectivity index (χ3v) is 6.78. The molecule has 0 bridgehead atoms. The van der Waals surface area contributed by atoms with Gasteiger partial charge in [0, 0.05) is 17.6 Å². The standard InChI is InChI=1S/C25H34N2O/c1-6-20-15-16-25(4,27(5)17-20)23(21-13-8-7-9-14-21)26-24(28)22-18(2)11-10-12-19(22)3/h7-14,20,23H,6,15-17H2,1-5H3,(H,26,28)/t20?,23-,25?/m1/s1. The van der Waals surface area contributed by atoms with Crippen LogP contribution in [0.25, 0.3) is 0 Å². The van der Waals surface area contributed by atoms with Gasteiger partial charge >= 0.3 is 0 Å². The normalized spacial score (nSPS) is 24.0. The molecule has 1 saturated heterocycles. The fourth-order valence-corrected chi connectivity index (χ4v) is 4.69. The maximum atomic E-state index is 13.4. The van der Waals surface area contributed by atoms with E-state index in [1.165, 1.54) is 18.4 Å². The maximum Gasteiger partial charge on any atom is 0.252 e. The van der Waals surface area contributed by atoms with Gasteiger partial charge in [-0.3, -0.25) is 9.69 Å². The quantitative estimate of drug-likeness (QED) is 0.767. The molecule has 1 amide bonds. The zero-order valence-corrected chi connectivity index (χ0v) is 18.0. The maximum absolute atomic E-state index is 13.4. The van der Waals surface area contributed by atoms with Crippen molar-refractivity contribution in [3.05, 3.63) is 70.8 Å². The molecule has 2 aromatic rings. The van der Waals surface area contributed by atoms with Crippen LogP contribution in [-0.2, 0) is 0 Å². The number of likely N-dealkylation sites (tertiary alicyclic amines) is 1. The van der Waals surface area contributed by atoms with E-state index in [0.717, 1.165) is 35.6 Å². The molecule has 0 aromatic heterocycles. The number of likely N-dealkylation sites (N-methyl/N-ethyl adjacent to an activating group) is 1. The number of carbonyl (C=O) groups is 1. The summed E-state index contributed by atoms with van der Waals surface area (Å²) in [4.78, 5) is 15.8. The zero-order valence-electron chi connectivity index (χ0n) is 18.0. The Hall–Kier alpha value is -2.13. The van der Waals surface area contributed by atoms with E-state index >= 15 is 0 Å². The second-order valence-electron chi connectivity index (χ2n) is 8.63. The van der Waals surface area contributed by atoms with E-state index in [1.807, 2.05) is 38.1 Å². The van der Waals surface area contributed by atoms with Crippen molar-refractivity contribution < 1.29 is 4.79 Å². The first-order valence-corrected chi connectivity index (χ1v) is 10.5. The van der Waals surface area contributed by atoms with E-state index in [0.29, 0.717) is 0 Å². The molecule has 0 radical (unpaired) electrons. The number of hydrogen-bond donors (Lipinski definition) is 1. The van der Waals surface area contributed by atoms with Crippen molar-refractivity contribution in [1.82, 2.24) is 10.2 Å². The van der Waals surface area contributed by atoms with Gasteiger partial charge in [-0.1, -0.05) is 61.9 Å². The van der Waals surface area contributed by atoms with Gasteiger partial charge in [-0.2, -0.15) is 0 Å². The minimum atomic E-state index is -0.112. The Bertz CT molecular complexity index is 796. The second-order valence-corrected chi connectivity index (χ2v) is 8.63. The second kappa shape index (κ2) is 8.48. The van der Waals surface area contributed by atoms with Crippen molar-refractivity contribution in [3.63, 3.8) is 0 Å². The van der Waals surface area contributed by atoms with Crippen LogP contribution in [0, 0.1) is 19.8 Å². The number of piperidine rings is 1. The van der Waals surface area contributed by atoms with Gasteiger partial charge in [0.15, 0.2) is 0 Å². The monoisotopic (exact) mass is 378 g/mol. The lowest BCUT2D eigenvalue weighted by Gasteiger charge is -2.50. The van der Waals surface area contributed by atoms with Crippen LogP contribution in [0.2, 0.25) is 0 Å². The van der Waals surface area contributed by atoms with Crippen LogP contribution in [0.5, 0.6) is 0 Å². The minimum Gasteiger partial charge on any atom is -0.343 e. The van der Waals surface area contributed by atoms with Crippen LogP contribution < -0.4 is 5.32 Å². The van der Waals surface area contributed by atoms with Gasteiger partial charge in [-0.05, 0) is 63.3 Å². The van der Waals surface area contributed by atoms with Crippen LogP contribution >= 0.6 is 0 Å². The van der Waals surface area contributed by atoms with E-state index in [1.54, 1.807) is 0 Å². The Morgan fingerprint density at radius 3 is 2.36 bits per heavy atom. The average molecular weight is 379 g/mol. The topological polar surface area (TPSA) is 32.3 Å². The molecule has 1 fully saturated rings. The highest BCUT2D eigenvalue weighted by Crippen LogP contribution is 2.40. The molecule has 150 valence electrons. The summed E-state index contributed by atoms with van der Waals surface area (Å²) in [5.74, 6) is 0.764. The molecular weight excluding hydrogens is 344 g/mol. The molecule has 3 atom stereocenters. The number of amides is 1. The number of carbonyl (C=O) groups excluding carboxylic acids is 1. The van der Waals surface area contributed by atoms with Crippen molar-refractivity contribution in [3.8, 4) is 0 Å². The molecule has 1 heterocycles. The first-order chi connectivity index (χ1) is 13.4. The lowest BCUT2D eigenvalue weighted by molar-refractivity contribution is 0.0229. The summed E-state index contributed by atoms with van der Waals surface area (Å²) in [6, 6.07) is 16.4. The summed E-state index contributed by atoms with van der Waals surface area (Å²) in [5, 5.41) is 3.42. The lowest BCUT2D eigenvalue weighted by atomic mass is 9.75. The van der Waals surface area contributed by atoms with Crippen LogP contribution in [0.1, 0.15) is 66.2 Å². The Morgan fingerprint density at radius 1 is 1.14 bits per heavy atom.